The number of carbonyl (C=O) groups is 2. The Labute approximate surface area is 139 Å². The van der Waals surface area contributed by atoms with E-state index in [0.29, 0.717) is 0 Å². The van der Waals surface area contributed by atoms with E-state index in [0.717, 1.165) is 22.0 Å². The van der Waals surface area contributed by atoms with Crippen LogP contribution in [0.2, 0.25) is 0 Å². The molecule has 1 unspecified atom stereocenters. The molecule has 0 bridgehead atoms. The fourth-order valence-corrected chi connectivity index (χ4v) is 3.25. The molecule has 2 aromatic carbocycles. The van der Waals surface area contributed by atoms with Gasteiger partial charge in [-0.25, -0.2) is 0 Å². The van der Waals surface area contributed by atoms with Crippen molar-refractivity contribution in [1.29, 1.82) is 0 Å². The maximum atomic E-state index is 12.0. The number of nitrogens with one attached hydrogen (secondary N) is 2. The molecule has 0 fully saturated rings. The fourth-order valence-electron chi connectivity index (χ4n) is 3.25. The lowest BCUT2D eigenvalue weighted by atomic mass is 9.79. The van der Waals surface area contributed by atoms with Crippen molar-refractivity contribution in [1.82, 2.24) is 10.3 Å². The maximum Gasteiger partial charge on any atom is 0.220 e. The van der Waals surface area contributed by atoms with E-state index in [-0.39, 0.29) is 12.3 Å². The number of hydrogen-bond donors (Lipinski definition) is 3. The van der Waals surface area contributed by atoms with Gasteiger partial charge in [-0.15, -0.1) is 0 Å². The summed E-state index contributed by atoms with van der Waals surface area (Å²) in [5, 5.41) is 3.92. The molecule has 2 amide bonds. The first-order valence-corrected chi connectivity index (χ1v) is 7.72. The normalized spacial score (nSPS) is 13.4. The van der Waals surface area contributed by atoms with Gasteiger partial charge >= 0.3 is 0 Å². The zero-order chi connectivity index (χ0) is 17.2. The predicted octanol–water partition coefficient (Wildman–Crippen LogP) is 2.42. The molecule has 0 saturated heterocycles. The summed E-state index contributed by atoms with van der Waals surface area (Å²) in [6, 6.07) is 17.2. The Balaban J connectivity index is 2.31. The Morgan fingerprint density at radius 2 is 1.75 bits per heavy atom. The lowest BCUT2D eigenvalue weighted by molar-refractivity contribution is -0.122. The van der Waals surface area contributed by atoms with Crippen LogP contribution in [0.3, 0.4) is 0 Å². The van der Waals surface area contributed by atoms with E-state index in [4.69, 9.17) is 5.73 Å². The summed E-state index contributed by atoms with van der Waals surface area (Å²) < 4.78 is 0. The van der Waals surface area contributed by atoms with Gasteiger partial charge in [0, 0.05) is 29.6 Å². The molecule has 3 aromatic rings. The van der Waals surface area contributed by atoms with Gasteiger partial charge in [-0.3, -0.25) is 9.59 Å². The molecule has 3 rings (SSSR count). The van der Waals surface area contributed by atoms with Gasteiger partial charge in [-0.2, -0.15) is 0 Å². The minimum atomic E-state index is -1.02. The Bertz CT molecular complexity index is 868. The summed E-state index contributed by atoms with van der Waals surface area (Å²) in [6.07, 6.45) is 1.80. The monoisotopic (exact) mass is 321 g/mol. The van der Waals surface area contributed by atoms with E-state index in [1.54, 1.807) is 0 Å². The summed E-state index contributed by atoms with van der Waals surface area (Å²) in [5.74, 6) is -0.719. The smallest absolute Gasteiger partial charge is 0.220 e. The lowest BCUT2D eigenvalue weighted by Gasteiger charge is -2.34. The van der Waals surface area contributed by atoms with Crippen LogP contribution >= 0.6 is 0 Å². The van der Waals surface area contributed by atoms with Crippen LogP contribution < -0.4 is 11.1 Å². The molecule has 5 heteroatoms. The second-order valence-corrected chi connectivity index (χ2v) is 5.84. The van der Waals surface area contributed by atoms with E-state index in [1.807, 2.05) is 60.8 Å². The van der Waals surface area contributed by atoms with E-state index in [1.165, 1.54) is 6.92 Å². The van der Waals surface area contributed by atoms with Gasteiger partial charge in [-0.1, -0.05) is 48.5 Å². The van der Waals surface area contributed by atoms with Crippen LogP contribution in [0.15, 0.2) is 60.8 Å². The molecular weight excluding hydrogens is 302 g/mol. The highest BCUT2D eigenvalue weighted by Gasteiger charge is 2.38. The molecule has 122 valence electrons. The minimum absolute atomic E-state index is 0.0293. The van der Waals surface area contributed by atoms with Gasteiger partial charge in [0.05, 0.1) is 6.42 Å². The van der Waals surface area contributed by atoms with Gasteiger partial charge in [0.2, 0.25) is 11.8 Å². The third-order valence-electron chi connectivity index (χ3n) is 4.14. The highest BCUT2D eigenvalue weighted by Crippen LogP contribution is 2.37. The third-order valence-corrected chi connectivity index (χ3v) is 4.14. The third kappa shape index (κ3) is 2.76. The SMILES string of the molecule is CC(=O)NC(CC(N)=O)(c1ccccc1)c1c[nH]c2ccccc12. The number of nitrogens with two attached hydrogens (primary N) is 1. The van der Waals surface area contributed by atoms with Crippen LogP contribution in [0.25, 0.3) is 10.9 Å². The molecule has 0 radical (unpaired) electrons. The van der Waals surface area contributed by atoms with Gasteiger partial charge in [0.25, 0.3) is 0 Å². The first-order chi connectivity index (χ1) is 11.5. The van der Waals surface area contributed by atoms with Crippen molar-refractivity contribution in [2.24, 2.45) is 5.73 Å². The quantitative estimate of drug-likeness (QED) is 0.674. The molecule has 5 nitrogen and oxygen atoms in total. The summed E-state index contributed by atoms with van der Waals surface area (Å²) in [7, 11) is 0. The molecule has 1 atom stereocenters. The number of H-pyrrole nitrogens is 1. The highest BCUT2D eigenvalue weighted by atomic mass is 16.2. The lowest BCUT2D eigenvalue weighted by Crippen LogP contribution is -2.48. The van der Waals surface area contributed by atoms with Crippen molar-refractivity contribution in [3.8, 4) is 0 Å². The van der Waals surface area contributed by atoms with Gasteiger partial charge < -0.3 is 16.0 Å². The molecular formula is C19H19N3O2. The molecule has 0 aliphatic rings. The largest absolute Gasteiger partial charge is 0.370 e. The van der Waals surface area contributed by atoms with Crippen LogP contribution in [-0.4, -0.2) is 16.8 Å². The number of hydrogen-bond acceptors (Lipinski definition) is 2. The Hall–Kier alpha value is -3.08. The number of para-hydroxylation sites is 1. The van der Waals surface area contributed by atoms with Crippen molar-refractivity contribution in [3.63, 3.8) is 0 Å². The second-order valence-electron chi connectivity index (χ2n) is 5.84. The van der Waals surface area contributed by atoms with Crippen molar-refractivity contribution in [3.05, 3.63) is 71.9 Å². The van der Waals surface area contributed by atoms with Crippen molar-refractivity contribution >= 4 is 22.7 Å². The van der Waals surface area contributed by atoms with E-state index in [2.05, 4.69) is 10.3 Å². The summed E-state index contributed by atoms with van der Waals surface area (Å²) in [5.41, 5.74) is 7.09. The number of aromatic amines is 1. The van der Waals surface area contributed by atoms with E-state index >= 15 is 0 Å². The minimum Gasteiger partial charge on any atom is -0.370 e. The first-order valence-electron chi connectivity index (χ1n) is 7.72. The topological polar surface area (TPSA) is 88.0 Å². The Kier molecular flexibility index (Phi) is 4.08. The van der Waals surface area contributed by atoms with Gasteiger partial charge in [0.15, 0.2) is 0 Å². The fraction of sp³-hybridized carbons (Fsp3) is 0.158. The number of amides is 2. The molecule has 4 N–H and O–H groups in total. The second kappa shape index (κ2) is 6.20. The maximum absolute atomic E-state index is 12.0. The summed E-state index contributed by atoms with van der Waals surface area (Å²) in [6.45, 7) is 1.44. The number of benzene rings is 2. The van der Waals surface area contributed by atoms with Crippen LogP contribution in [0.4, 0.5) is 0 Å². The average Bonchev–Trinajstić information content (AvgIpc) is 2.98. The Morgan fingerprint density at radius 1 is 1.08 bits per heavy atom. The molecule has 1 heterocycles. The standard InChI is InChI=1S/C19H19N3O2/c1-13(23)22-19(11-18(20)24,14-7-3-2-4-8-14)16-12-21-17-10-6-5-9-15(16)17/h2-10,12,21H,11H2,1H3,(H2,20,24)(H,22,23). The zero-order valence-corrected chi connectivity index (χ0v) is 13.4. The molecule has 0 aliphatic carbocycles. The summed E-state index contributed by atoms with van der Waals surface area (Å²) in [4.78, 5) is 27.0. The van der Waals surface area contributed by atoms with Crippen LogP contribution in [0.5, 0.6) is 0 Å². The average molecular weight is 321 g/mol. The van der Waals surface area contributed by atoms with Gasteiger partial charge in [-0.05, 0) is 11.6 Å². The number of carbonyl (C=O) groups excluding carboxylic acids is 2. The number of aromatic nitrogens is 1. The summed E-state index contributed by atoms with van der Waals surface area (Å²) >= 11 is 0. The van der Waals surface area contributed by atoms with Crippen molar-refractivity contribution in [2.75, 3.05) is 0 Å². The number of rotatable bonds is 5. The van der Waals surface area contributed by atoms with Gasteiger partial charge in [0.1, 0.15) is 5.54 Å². The van der Waals surface area contributed by atoms with E-state index < -0.39 is 11.4 Å². The van der Waals surface area contributed by atoms with Crippen LogP contribution in [-0.2, 0) is 15.1 Å². The van der Waals surface area contributed by atoms with Crippen molar-refractivity contribution in [2.45, 2.75) is 18.9 Å². The van der Waals surface area contributed by atoms with Crippen molar-refractivity contribution < 1.29 is 9.59 Å². The highest BCUT2D eigenvalue weighted by molar-refractivity contribution is 5.88. The zero-order valence-electron chi connectivity index (χ0n) is 13.4. The molecule has 24 heavy (non-hydrogen) atoms. The van der Waals surface area contributed by atoms with E-state index in [9.17, 15) is 9.59 Å². The molecule has 0 saturated carbocycles. The van der Waals surface area contributed by atoms with Crippen LogP contribution in [0, 0.1) is 0 Å². The molecule has 0 aliphatic heterocycles. The molecule has 1 aromatic heterocycles. The molecule has 0 spiro atoms. The number of primary amides is 1. The Morgan fingerprint density at radius 3 is 2.42 bits per heavy atom. The number of fused-ring (bicyclic) bond motifs is 1. The predicted molar refractivity (Wildman–Crippen MR) is 93.1 cm³/mol. The van der Waals surface area contributed by atoms with Crippen LogP contribution in [0.1, 0.15) is 24.5 Å². The first kappa shape index (κ1) is 15.8.